The molecule has 10 nitrogen and oxygen atoms in total. The van der Waals surface area contributed by atoms with E-state index >= 15 is 0 Å². The van der Waals surface area contributed by atoms with Gasteiger partial charge < -0.3 is 15.8 Å². The lowest BCUT2D eigenvalue weighted by molar-refractivity contribution is -0.384. The van der Waals surface area contributed by atoms with E-state index in [4.69, 9.17) is 10.9 Å². The van der Waals surface area contributed by atoms with Crippen LogP contribution in [0.25, 0.3) is 0 Å². The zero-order valence-corrected chi connectivity index (χ0v) is 10.7. The maximum atomic E-state index is 11.3. The molecule has 5 N–H and O–H groups in total. The van der Waals surface area contributed by atoms with Crippen LogP contribution in [0.1, 0.15) is 5.56 Å². The number of fused-ring (bicyclic) bond motifs is 1. The average molecular weight is 302 g/mol. The number of nitrogens with one attached hydrogen (secondary N) is 1. The summed E-state index contributed by atoms with van der Waals surface area (Å²) in [6.45, 7) is 0. The lowest BCUT2D eigenvalue weighted by atomic mass is 10.1. The van der Waals surface area contributed by atoms with Gasteiger partial charge in [0.2, 0.25) is 10.0 Å². The lowest BCUT2D eigenvalue weighted by Crippen LogP contribution is -2.27. The van der Waals surface area contributed by atoms with E-state index in [2.05, 4.69) is 10.1 Å². The molecule has 1 aromatic rings. The molecule has 1 unspecified atom stereocenters. The van der Waals surface area contributed by atoms with Crippen LogP contribution in [0.2, 0.25) is 0 Å². The maximum Gasteiger partial charge on any atom is 0.406 e. The third-order valence-corrected chi connectivity index (χ3v) is 3.56. The van der Waals surface area contributed by atoms with Crippen molar-refractivity contribution in [1.29, 1.82) is 0 Å². The highest BCUT2D eigenvalue weighted by Crippen LogP contribution is 2.37. The number of anilines is 1. The molecule has 108 valence electrons. The first-order chi connectivity index (χ1) is 9.18. The topological polar surface area (TPSA) is 168 Å². The summed E-state index contributed by atoms with van der Waals surface area (Å²) in [7, 11) is -4.09. The number of carbonyl (C=O) groups is 1. The summed E-state index contributed by atoms with van der Waals surface area (Å²) in [6, 6.07) is 2.03. The molecule has 0 aromatic heterocycles. The highest BCUT2D eigenvalue weighted by molar-refractivity contribution is 7.89. The van der Waals surface area contributed by atoms with Gasteiger partial charge in [0.15, 0.2) is 6.23 Å². The summed E-state index contributed by atoms with van der Waals surface area (Å²) in [5.41, 5.74) is 4.76. The molecule has 0 bridgehead atoms. The summed E-state index contributed by atoms with van der Waals surface area (Å²) in [5.74, 6) is 0. The van der Waals surface area contributed by atoms with Crippen LogP contribution >= 0.6 is 0 Å². The monoisotopic (exact) mass is 302 g/mol. The largest absolute Gasteiger partial charge is 0.425 e. The molecule has 0 aliphatic carbocycles. The Balaban J connectivity index is 2.49. The van der Waals surface area contributed by atoms with Gasteiger partial charge >= 0.3 is 6.09 Å². The number of carbonyl (C=O) groups excluding carboxylic acids is 1. The Morgan fingerprint density at radius 3 is 2.65 bits per heavy atom. The number of nitrogens with two attached hydrogens (primary N) is 2. The number of benzene rings is 1. The highest BCUT2D eigenvalue weighted by atomic mass is 32.2. The first-order valence-electron chi connectivity index (χ1n) is 5.25. The second-order valence-electron chi connectivity index (χ2n) is 4.05. The van der Waals surface area contributed by atoms with E-state index < -0.39 is 33.0 Å². The Hall–Kier alpha value is -2.40. The van der Waals surface area contributed by atoms with E-state index in [1.54, 1.807) is 0 Å². The van der Waals surface area contributed by atoms with Crippen LogP contribution in [0.15, 0.2) is 17.0 Å². The van der Waals surface area contributed by atoms with Gasteiger partial charge in [-0.25, -0.2) is 18.4 Å². The summed E-state index contributed by atoms with van der Waals surface area (Å²) in [5, 5.41) is 18.5. The minimum atomic E-state index is -4.09. The molecule has 0 saturated heterocycles. The summed E-state index contributed by atoms with van der Waals surface area (Å²) >= 11 is 0. The zero-order chi connectivity index (χ0) is 15.1. The predicted octanol–water partition coefficient (Wildman–Crippen LogP) is -0.368. The van der Waals surface area contributed by atoms with Crippen molar-refractivity contribution in [3.63, 3.8) is 0 Å². The van der Waals surface area contributed by atoms with Crippen molar-refractivity contribution < 1.29 is 22.9 Å². The Morgan fingerprint density at radius 2 is 2.15 bits per heavy atom. The number of nitro benzene ring substituents is 1. The number of primary sulfonamides is 1. The normalized spacial score (nSPS) is 17.1. The quantitative estimate of drug-likeness (QED) is 0.505. The second kappa shape index (κ2) is 4.61. The first-order valence-corrected chi connectivity index (χ1v) is 6.80. The fourth-order valence-corrected chi connectivity index (χ4v) is 2.50. The Kier molecular flexibility index (Phi) is 3.23. The number of sulfonamides is 1. The summed E-state index contributed by atoms with van der Waals surface area (Å²) < 4.78 is 27.3. The third-order valence-electron chi connectivity index (χ3n) is 2.67. The maximum absolute atomic E-state index is 11.3. The van der Waals surface area contributed by atoms with Crippen molar-refractivity contribution in [2.45, 2.75) is 17.5 Å². The van der Waals surface area contributed by atoms with Crippen LogP contribution in [-0.2, 0) is 21.2 Å². The van der Waals surface area contributed by atoms with Crippen LogP contribution in [0.5, 0.6) is 0 Å². The van der Waals surface area contributed by atoms with Crippen molar-refractivity contribution in [1.82, 2.24) is 0 Å². The van der Waals surface area contributed by atoms with E-state index in [0.717, 1.165) is 6.07 Å². The van der Waals surface area contributed by atoms with Gasteiger partial charge in [-0.1, -0.05) is 0 Å². The van der Waals surface area contributed by atoms with Gasteiger partial charge in [0.1, 0.15) is 5.69 Å². The Morgan fingerprint density at radius 1 is 1.50 bits per heavy atom. The smallest absolute Gasteiger partial charge is 0.406 e. The molecule has 11 heteroatoms. The zero-order valence-electron chi connectivity index (χ0n) is 9.90. The van der Waals surface area contributed by atoms with E-state index in [9.17, 15) is 23.3 Å². The van der Waals surface area contributed by atoms with Crippen LogP contribution in [0.3, 0.4) is 0 Å². The molecule has 0 fully saturated rings. The van der Waals surface area contributed by atoms with E-state index in [1.807, 2.05) is 0 Å². The van der Waals surface area contributed by atoms with Gasteiger partial charge in [-0.3, -0.25) is 10.1 Å². The number of nitro groups is 1. The van der Waals surface area contributed by atoms with Crippen molar-refractivity contribution in [2.75, 3.05) is 5.32 Å². The van der Waals surface area contributed by atoms with Gasteiger partial charge in [0.25, 0.3) is 5.69 Å². The fraction of sp³-hybridized carbons (Fsp3) is 0.222. The lowest BCUT2D eigenvalue weighted by Gasteiger charge is -2.09. The summed E-state index contributed by atoms with van der Waals surface area (Å²) in [4.78, 5) is 20.5. The van der Waals surface area contributed by atoms with Crippen LogP contribution in [0.4, 0.5) is 16.2 Å². The average Bonchev–Trinajstić information content (AvgIpc) is 2.66. The van der Waals surface area contributed by atoms with Crippen molar-refractivity contribution >= 4 is 27.5 Å². The predicted molar refractivity (Wildman–Crippen MR) is 66.3 cm³/mol. The molecular formula is C9H10N4O6S. The Labute approximate surface area is 112 Å². The molecule has 1 aromatic carbocycles. The molecule has 1 amide bonds. The van der Waals surface area contributed by atoms with Crippen LogP contribution in [0, 0.1) is 10.1 Å². The second-order valence-corrected chi connectivity index (χ2v) is 5.61. The molecule has 1 heterocycles. The molecule has 1 atom stereocenters. The van der Waals surface area contributed by atoms with Crippen molar-refractivity contribution in [3.05, 3.63) is 27.8 Å². The molecule has 0 saturated carbocycles. The molecule has 1 aliphatic rings. The van der Waals surface area contributed by atoms with Crippen molar-refractivity contribution in [3.8, 4) is 0 Å². The molecule has 0 spiro atoms. The van der Waals surface area contributed by atoms with Gasteiger partial charge in [0, 0.05) is 12.5 Å². The van der Waals surface area contributed by atoms with Crippen LogP contribution < -0.4 is 16.2 Å². The number of ether oxygens (including phenoxy) is 1. The number of hydrogen-bond donors (Lipinski definition) is 3. The first kappa shape index (κ1) is 14.0. The summed E-state index contributed by atoms with van der Waals surface area (Å²) in [6.07, 6.45) is -1.90. The number of nitrogens with zero attached hydrogens (tertiary/aromatic N) is 1. The van der Waals surface area contributed by atoms with E-state index in [-0.39, 0.29) is 17.0 Å². The SMILES string of the molecule is NC(=O)OC1Cc2cc(S(N)(=O)=O)cc([N+](=O)[O-])c2N1. The molecular weight excluding hydrogens is 292 g/mol. The number of hydrogen-bond acceptors (Lipinski definition) is 7. The molecule has 0 radical (unpaired) electrons. The van der Waals surface area contributed by atoms with Gasteiger partial charge in [-0.05, 0) is 11.6 Å². The molecule has 2 rings (SSSR count). The standard InChI is InChI=1S/C9H10N4O6S/c10-9(14)19-7-2-4-1-5(20(11,17)18)3-6(13(15)16)8(4)12-7/h1,3,7,12H,2H2,(H2,10,14)(H2,11,17,18). The third kappa shape index (κ3) is 2.62. The highest BCUT2D eigenvalue weighted by Gasteiger charge is 2.32. The van der Waals surface area contributed by atoms with E-state index in [1.165, 1.54) is 6.07 Å². The van der Waals surface area contributed by atoms with E-state index in [0.29, 0.717) is 5.56 Å². The minimum Gasteiger partial charge on any atom is -0.425 e. The fourth-order valence-electron chi connectivity index (χ4n) is 1.92. The van der Waals surface area contributed by atoms with Gasteiger partial charge in [-0.2, -0.15) is 0 Å². The number of primary amides is 1. The number of rotatable bonds is 3. The molecule has 1 aliphatic heterocycles. The van der Waals surface area contributed by atoms with Crippen LogP contribution in [-0.4, -0.2) is 25.7 Å². The van der Waals surface area contributed by atoms with Gasteiger partial charge in [0.05, 0.1) is 9.82 Å². The Bertz CT molecular complexity index is 701. The van der Waals surface area contributed by atoms with Gasteiger partial charge in [-0.15, -0.1) is 0 Å². The number of amides is 1. The molecule has 20 heavy (non-hydrogen) atoms. The minimum absolute atomic E-state index is 0.0441. The van der Waals surface area contributed by atoms with Crippen molar-refractivity contribution in [2.24, 2.45) is 10.9 Å².